The number of aromatic nitrogens is 2. The van der Waals surface area contributed by atoms with Crippen LogP contribution in [0.4, 0.5) is 0 Å². The minimum Gasteiger partial charge on any atom is -0.465 e. The minimum atomic E-state index is -3.63. The second kappa shape index (κ2) is 6.06. The number of nitrogens with one attached hydrogen (secondary N) is 2. The molecule has 21 heavy (non-hydrogen) atoms. The fourth-order valence-electron chi connectivity index (χ4n) is 1.67. The molecule has 7 nitrogen and oxygen atoms in total. The van der Waals surface area contributed by atoms with Crippen molar-refractivity contribution in [3.63, 3.8) is 0 Å². The van der Waals surface area contributed by atoms with Crippen molar-refractivity contribution < 1.29 is 17.9 Å². The maximum absolute atomic E-state index is 12.0. The molecule has 112 valence electrons. The van der Waals surface area contributed by atoms with Crippen LogP contribution >= 0.6 is 0 Å². The Morgan fingerprint density at radius 1 is 1.33 bits per heavy atom. The van der Waals surface area contributed by atoms with Gasteiger partial charge in [-0.15, -0.1) is 0 Å². The average Bonchev–Trinajstić information content (AvgIpc) is 2.92. The van der Waals surface area contributed by atoms with Gasteiger partial charge in [-0.1, -0.05) is 12.1 Å². The molecule has 2 aromatic rings. The third kappa shape index (κ3) is 3.67. The van der Waals surface area contributed by atoms with Gasteiger partial charge >= 0.3 is 5.97 Å². The lowest BCUT2D eigenvalue weighted by molar-refractivity contribution is 0.0600. The number of aryl methyl sites for hydroxylation is 1. The first-order valence-corrected chi connectivity index (χ1v) is 7.59. The van der Waals surface area contributed by atoms with Crippen LogP contribution in [-0.2, 0) is 21.3 Å². The Morgan fingerprint density at radius 3 is 2.52 bits per heavy atom. The molecule has 0 spiro atoms. The number of sulfonamides is 1. The van der Waals surface area contributed by atoms with Crippen molar-refractivity contribution in [1.82, 2.24) is 14.7 Å². The van der Waals surface area contributed by atoms with Crippen molar-refractivity contribution in [3.8, 4) is 0 Å². The zero-order valence-electron chi connectivity index (χ0n) is 11.6. The summed E-state index contributed by atoms with van der Waals surface area (Å²) in [6.07, 6.45) is 1.26. The number of hydrogen-bond acceptors (Lipinski definition) is 5. The van der Waals surface area contributed by atoms with Gasteiger partial charge in [-0.3, -0.25) is 0 Å². The van der Waals surface area contributed by atoms with Crippen LogP contribution in [0.15, 0.2) is 35.5 Å². The number of rotatable bonds is 5. The number of carbonyl (C=O) groups excluding carboxylic acids is 1. The monoisotopic (exact) mass is 309 g/mol. The lowest BCUT2D eigenvalue weighted by atomic mass is 10.1. The van der Waals surface area contributed by atoms with E-state index in [2.05, 4.69) is 19.4 Å². The van der Waals surface area contributed by atoms with E-state index in [1.54, 1.807) is 31.2 Å². The zero-order chi connectivity index (χ0) is 15.5. The number of aromatic amines is 1. The van der Waals surface area contributed by atoms with Crippen LogP contribution in [-0.4, -0.2) is 31.5 Å². The van der Waals surface area contributed by atoms with Crippen molar-refractivity contribution in [2.75, 3.05) is 7.11 Å². The van der Waals surface area contributed by atoms with E-state index in [4.69, 9.17) is 0 Å². The van der Waals surface area contributed by atoms with Crippen LogP contribution in [0.3, 0.4) is 0 Å². The Bertz CT molecular complexity index is 735. The normalized spacial score (nSPS) is 11.3. The van der Waals surface area contributed by atoms with Gasteiger partial charge in [0.2, 0.25) is 0 Å². The second-order valence-electron chi connectivity index (χ2n) is 4.35. The van der Waals surface area contributed by atoms with Gasteiger partial charge < -0.3 is 9.72 Å². The predicted molar refractivity (Wildman–Crippen MR) is 75.1 cm³/mol. The number of H-pyrrole nitrogens is 1. The molecule has 1 aromatic heterocycles. The molecule has 0 unspecified atom stereocenters. The number of esters is 1. The van der Waals surface area contributed by atoms with Gasteiger partial charge in [-0.2, -0.15) is 0 Å². The molecule has 0 saturated heterocycles. The summed E-state index contributed by atoms with van der Waals surface area (Å²) in [5.41, 5.74) is 1.13. The lowest BCUT2D eigenvalue weighted by Crippen LogP contribution is -2.23. The van der Waals surface area contributed by atoms with Crippen LogP contribution in [0.1, 0.15) is 21.7 Å². The smallest absolute Gasteiger partial charge is 0.337 e. The minimum absolute atomic E-state index is 0.0196. The van der Waals surface area contributed by atoms with Crippen molar-refractivity contribution in [2.45, 2.75) is 18.5 Å². The zero-order valence-corrected chi connectivity index (χ0v) is 12.4. The molecule has 0 aliphatic heterocycles. The summed E-state index contributed by atoms with van der Waals surface area (Å²) in [5.74, 6) is 0.0906. The van der Waals surface area contributed by atoms with E-state index in [9.17, 15) is 13.2 Å². The summed E-state index contributed by atoms with van der Waals surface area (Å²) in [6.45, 7) is 1.78. The first kappa shape index (κ1) is 15.2. The van der Waals surface area contributed by atoms with Gasteiger partial charge in [0, 0.05) is 6.54 Å². The summed E-state index contributed by atoms with van der Waals surface area (Å²) < 4.78 is 31.0. The van der Waals surface area contributed by atoms with Gasteiger partial charge in [0.25, 0.3) is 10.0 Å². The highest BCUT2D eigenvalue weighted by atomic mass is 32.2. The third-order valence-electron chi connectivity index (χ3n) is 2.81. The van der Waals surface area contributed by atoms with Crippen LogP contribution < -0.4 is 4.72 Å². The molecule has 0 saturated carbocycles. The molecule has 2 N–H and O–H groups in total. The van der Waals surface area contributed by atoms with Gasteiger partial charge in [0.05, 0.1) is 18.9 Å². The van der Waals surface area contributed by atoms with Gasteiger partial charge in [0.15, 0.2) is 5.03 Å². The number of nitrogens with zero attached hydrogens (tertiary/aromatic N) is 1. The molecule has 0 fully saturated rings. The molecular formula is C13H15N3O4S. The van der Waals surface area contributed by atoms with E-state index in [1.165, 1.54) is 13.3 Å². The Labute approximate surface area is 122 Å². The van der Waals surface area contributed by atoms with Crippen molar-refractivity contribution >= 4 is 16.0 Å². The first-order valence-electron chi connectivity index (χ1n) is 6.11. The average molecular weight is 309 g/mol. The molecule has 1 heterocycles. The maximum Gasteiger partial charge on any atom is 0.337 e. The van der Waals surface area contributed by atoms with Crippen molar-refractivity contribution in [2.24, 2.45) is 0 Å². The lowest BCUT2D eigenvalue weighted by Gasteiger charge is -2.05. The number of imidazole rings is 1. The van der Waals surface area contributed by atoms with E-state index in [-0.39, 0.29) is 11.6 Å². The predicted octanol–water partition coefficient (Wildman–Crippen LogP) is 0.983. The van der Waals surface area contributed by atoms with E-state index in [0.717, 1.165) is 5.56 Å². The standard InChI is InChI=1S/C13H15N3O4S/c1-9-14-8-12(16-9)21(18,19)15-7-10-3-5-11(6-4-10)13(17)20-2/h3-6,8,15H,7H2,1-2H3,(H,14,16). The number of methoxy groups -OCH3 is 1. The molecular weight excluding hydrogens is 294 g/mol. The van der Waals surface area contributed by atoms with Gasteiger partial charge in [-0.25, -0.2) is 22.9 Å². The number of hydrogen-bond donors (Lipinski definition) is 2. The van der Waals surface area contributed by atoms with E-state index < -0.39 is 16.0 Å². The summed E-state index contributed by atoms with van der Waals surface area (Å²) in [4.78, 5) is 17.8. The fourth-order valence-corrected chi connectivity index (χ4v) is 2.65. The van der Waals surface area contributed by atoms with E-state index >= 15 is 0 Å². The summed E-state index contributed by atoms with van der Waals surface area (Å²) in [6, 6.07) is 6.48. The molecule has 8 heteroatoms. The summed E-state index contributed by atoms with van der Waals surface area (Å²) in [5, 5.41) is 0.0196. The molecule has 0 aliphatic carbocycles. The van der Waals surface area contributed by atoms with Gasteiger partial charge in [-0.05, 0) is 24.6 Å². The second-order valence-corrected chi connectivity index (χ2v) is 6.08. The molecule has 2 rings (SSSR count). The Balaban J connectivity index is 2.04. The highest BCUT2D eigenvalue weighted by Crippen LogP contribution is 2.09. The highest BCUT2D eigenvalue weighted by molar-refractivity contribution is 7.89. The number of ether oxygens (including phenoxy) is 1. The molecule has 0 bridgehead atoms. The molecule has 1 aromatic carbocycles. The SMILES string of the molecule is COC(=O)c1ccc(CNS(=O)(=O)c2cnc(C)[nH]2)cc1. The molecule has 0 amide bonds. The third-order valence-corrected chi connectivity index (χ3v) is 4.12. The van der Waals surface area contributed by atoms with E-state index in [1.807, 2.05) is 0 Å². The van der Waals surface area contributed by atoms with Crippen molar-refractivity contribution in [3.05, 3.63) is 47.4 Å². The number of carbonyl (C=O) groups is 1. The maximum atomic E-state index is 12.0. The largest absolute Gasteiger partial charge is 0.465 e. The van der Waals surface area contributed by atoms with Gasteiger partial charge in [0.1, 0.15) is 5.82 Å². The van der Waals surface area contributed by atoms with Crippen LogP contribution in [0.5, 0.6) is 0 Å². The molecule has 0 aliphatic rings. The summed E-state index contributed by atoms with van der Waals surface area (Å²) >= 11 is 0. The van der Waals surface area contributed by atoms with Crippen LogP contribution in [0, 0.1) is 6.92 Å². The topological polar surface area (TPSA) is 101 Å². The molecule has 0 radical (unpaired) electrons. The Morgan fingerprint density at radius 2 is 2.00 bits per heavy atom. The van der Waals surface area contributed by atoms with Crippen molar-refractivity contribution in [1.29, 1.82) is 0 Å². The highest BCUT2D eigenvalue weighted by Gasteiger charge is 2.16. The van der Waals surface area contributed by atoms with Crippen LogP contribution in [0.2, 0.25) is 0 Å². The molecule has 0 atom stereocenters. The summed E-state index contributed by atoms with van der Waals surface area (Å²) in [7, 11) is -2.33. The number of benzene rings is 1. The van der Waals surface area contributed by atoms with Crippen LogP contribution in [0.25, 0.3) is 0 Å². The fraction of sp³-hybridized carbons (Fsp3) is 0.231. The first-order chi connectivity index (χ1) is 9.92. The quantitative estimate of drug-likeness (QED) is 0.802. The Kier molecular flexibility index (Phi) is 4.39. The Hall–Kier alpha value is -2.19. The van der Waals surface area contributed by atoms with E-state index in [0.29, 0.717) is 11.4 Å².